The molecule has 1 aliphatic carbocycles. The highest BCUT2D eigenvalue weighted by atomic mass is 16.3. The fraction of sp³-hybridized carbons (Fsp3) is 0. The minimum atomic E-state index is 0.197. The van der Waals surface area contributed by atoms with Crippen LogP contribution in [0.1, 0.15) is 11.1 Å². The highest BCUT2D eigenvalue weighted by molar-refractivity contribution is 6.53. The molecular weight excluding hydrogens is 554 g/mol. The molecule has 9 rings (SSSR count). The summed E-state index contributed by atoms with van der Waals surface area (Å²) in [5, 5.41) is 23.1. The van der Waals surface area contributed by atoms with E-state index in [-0.39, 0.29) is 11.4 Å². The quantitative estimate of drug-likeness (QED) is 0.218. The molecule has 6 heteroatoms. The van der Waals surface area contributed by atoms with Crippen LogP contribution in [0.2, 0.25) is 0 Å². The van der Waals surface area contributed by atoms with Crippen LogP contribution in [0.15, 0.2) is 126 Å². The molecule has 0 spiro atoms. The molecule has 1 aliphatic rings. The van der Waals surface area contributed by atoms with Crippen molar-refractivity contribution in [1.82, 2.24) is 15.0 Å². The molecule has 0 saturated heterocycles. The van der Waals surface area contributed by atoms with E-state index in [1.54, 1.807) is 6.08 Å². The van der Waals surface area contributed by atoms with Gasteiger partial charge in [0.1, 0.15) is 11.2 Å². The van der Waals surface area contributed by atoms with Gasteiger partial charge in [0.05, 0.1) is 11.4 Å². The fourth-order valence-corrected chi connectivity index (χ4v) is 6.32. The van der Waals surface area contributed by atoms with Crippen molar-refractivity contribution in [2.45, 2.75) is 0 Å². The van der Waals surface area contributed by atoms with Crippen LogP contribution >= 0.6 is 0 Å². The Kier molecular flexibility index (Phi) is 5.40. The van der Waals surface area contributed by atoms with E-state index in [0.717, 1.165) is 71.3 Å². The molecule has 0 bridgehead atoms. The Morgan fingerprint density at radius 3 is 2.09 bits per heavy atom. The highest BCUT2D eigenvalue weighted by Gasteiger charge is 2.21. The molecule has 0 atom stereocenters. The van der Waals surface area contributed by atoms with Gasteiger partial charge in [0, 0.05) is 33.0 Å². The van der Waals surface area contributed by atoms with Crippen molar-refractivity contribution in [3.05, 3.63) is 132 Å². The van der Waals surface area contributed by atoms with Gasteiger partial charge in [0.15, 0.2) is 17.5 Å². The van der Waals surface area contributed by atoms with Crippen LogP contribution in [-0.2, 0) is 0 Å². The molecule has 0 fully saturated rings. The van der Waals surface area contributed by atoms with E-state index in [0.29, 0.717) is 17.5 Å². The summed E-state index contributed by atoms with van der Waals surface area (Å²) in [6.45, 7) is 0. The van der Waals surface area contributed by atoms with Gasteiger partial charge in [-0.05, 0) is 57.4 Å². The summed E-state index contributed by atoms with van der Waals surface area (Å²) in [6.07, 6.45) is 3.57. The number of fused-ring (bicyclic) bond motifs is 7. The number of allylic oxidation sites excluding steroid dienone is 1. The summed E-state index contributed by atoms with van der Waals surface area (Å²) in [7, 11) is 0. The van der Waals surface area contributed by atoms with Crippen molar-refractivity contribution in [2.24, 2.45) is 0 Å². The zero-order chi connectivity index (χ0) is 30.1. The molecule has 0 aliphatic heterocycles. The maximum atomic E-state index is 8.68. The lowest BCUT2D eigenvalue weighted by Crippen LogP contribution is -2.16. The number of aromatic nitrogens is 3. The molecule has 210 valence electrons. The molecule has 6 aromatic carbocycles. The molecule has 2 N–H and O–H groups in total. The zero-order valence-electron chi connectivity index (χ0n) is 23.9. The first-order valence-corrected chi connectivity index (χ1v) is 14.7. The summed E-state index contributed by atoms with van der Waals surface area (Å²) < 4.78 is 6.36. The van der Waals surface area contributed by atoms with E-state index in [2.05, 4.69) is 24.3 Å². The maximum absolute atomic E-state index is 8.68. The van der Waals surface area contributed by atoms with E-state index in [1.807, 2.05) is 97.1 Å². The molecule has 45 heavy (non-hydrogen) atoms. The average Bonchev–Trinajstić information content (AvgIpc) is 3.46. The standard InChI is InChI=1S/C39H23N5O/c40-31-18-17-23-15-13-22-14-16-27(20-29(22)34(23)36(31)41)38-42-37(24-7-2-1-3-8-24)43-39(44-38)28-11-6-12-32-35(28)30-19-25-9-4-5-10-26(25)21-33(30)45-32/h1-21,40-41H. The number of hydrogen-bond donors (Lipinski definition) is 2. The minimum absolute atomic E-state index is 0.197. The lowest BCUT2D eigenvalue weighted by Gasteiger charge is -2.16. The third kappa shape index (κ3) is 4.00. The fourth-order valence-electron chi connectivity index (χ4n) is 6.32. The first-order chi connectivity index (χ1) is 22.1. The first-order valence-electron chi connectivity index (χ1n) is 14.7. The Morgan fingerprint density at radius 1 is 0.511 bits per heavy atom. The van der Waals surface area contributed by atoms with Crippen LogP contribution in [0.25, 0.3) is 83.7 Å². The van der Waals surface area contributed by atoms with Gasteiger partial charge >= 0.3 is 0 Å². The van der Waals surface area contributed by atoms with Crippen LogP contribution < -0.4 is 0 Å². The normalized spacial score (nSPS) is 12.9. The molecule has 6 nitrogen and oxygen atoms in total. The van der Waals surface area contributed by atoms with E-state index < -0.39 is 0 Å². The first kappa shape index (κ1) is 25.2. The van der Waals surface area contributed by atoms with Gasteiger partial charge in [-0.25, -0.2) is 15.0 Å². The van der Waals surface area contributed by atoms with E-state index in [1.165, 1.54) is 0 Å². The van der Waals surface area contributed by atoms with Crippen LogP contribution in [0.3, 0.4) is 0 Å². The molecular formula is C39H23N5O. The predicted molar refractivity (Wildman–Crippen MR) is 182 cm³/mol. The van der Waals surface area contributed by atoms with Gasteiger partial charge in [-0.3, -0.25) is 10.8 Å². The van der Waals surface area contributed by atoms with Crippen molar-refractivity contribution in [2.75, 3.05) is 0 Å². The van der Waals surface area contributed by atoms with Crippen LogP contribution in [0.5, 0.6) is 0 Å². The Morgan fingerprint density at radius 2 is 1.24 bits per heavy atom. The number of nitrogens with zero attached hydrogens (tertiary/aromatic N) is 3. The molecule has 0 radical (unpaired) electrons. The zero-order valence-corrected chi connectivity index (χ0v) is 23.9. The smallest absolute Gasteiger partial charge is 0.164 e. The van der Waals surface area contributed by atoms with E-state index >= 15 is 0 Å². The second kappa shape index (κ2) is 9.62. The summed E-state index contributed by atoms with van der Waals surface area (Å²) in [5.74, 6) is 1.65. The van der Waals surface area contributed by atoms with Crippen molar-refractivity contribution in [3.63, 3.8) is 0 Å². The number of nitrogens with one attached hydrogen (secondary N) is 2. The largest absolute Gasteiger partial charge is 0.456 e. The van der Waals surface area contributed by atoms with Crippen LogP contribution in [0.4, 0.5) is 0 Å². The molecule has 0 amide bonds. The van der Waals surface area contributed by atoms with Crippen LogP contribution in [-0.4, -0.2) is 26.4 Å². The van der Waals surface area contributed by atoms with Gasteiger partial charge in [-0.2, -0.15) is 0 Å². The van der Waals surface area contributed by atoms with Gasteiger partial charge < -0.3 is 4.42 Å². The molecule has 2 heterocycles. The lowest BCUT2D eigenvalue weighted by molar-refractivity contribution is 0.669. The average molecular weight is 578 g/mol. The summed E-state index contributed by atoms with van der Waals surface area (Å²) >= 11 is 0. The Labute approximate surface area is 257 Å². The second-order valence-electron chi connectivity index (χ2n) is 11.2. The third-order valence-electron chi connectivity index (χ3n) is 8.53. The topological polar surface area (TPSA) is 99.5 Å². The minimum Gasteiger partial charge on any atom is -0.456 e. The van der Waals surface area contributed by atoms with E-state index in [4.69, 9.17) is 30.2 Å². The number of benzene rings is 6. The van der Waals surface area contributed by atoms with Gasteiger partial charge in [-0.1, -0.05) is 97.1 Å². The lowest BCUT2D eigenvalue weighted by atomic mass is 9.88. The van der Waals surface area contributed by atoms with Crippen molar-refractivity contribution in [3.8, 4) is 34.2 Å². The van der Waals surface area contributed by atoms with Crippen LogP contribution in [0, 0.1) is 10.8 Å². The number of hydrogen-bond acceptors (Lipinski definition) is 6. The van der Waals surface area contributed by atoms with Gasteiger partial charge in [-0.15, -0.1) is 0 Å². The Balaban J connectivity index is 1.31. The molecule has 8 aromatic rings. The highest BCUT2D eigenvalue weighted by Crippen LogP contribution is 2.38. The van der Waals surface area contributed by atoms with Crippen molar-refractivity contribution in [1.29, 1.82) is 10.8 Å². The predicted octanol–water partition coefficient (Wildman–Crippen LogP) is 9.49. The summed E-state index contributed by atoms with van der Waals surface area (Å²) in [6, 6.07) is 38.6. The van der Waals surface area contributed by atoms with Crippen molar-refractivity contribution < 1.29 is 4.42 Å². The molecule has 0 saturated carbocycles. The van der Waals surface area contributed by atoms with Gasteiger partial charge in [0.25, 0.3) is 0 Å². The summed E-state index contributed by atoms with van der Waals surface area (Å²) in [4.78, 5) is 15.1. The number of furan rings is 1. The SMILES string of the molecule is N=C1C=Cc2ccc3ccc(-c4nc(-c5ccccc5)nc(-c5cccc6oc7cc8ccccc8cc7c56)n4)cc3c2C1=N. The molecule has 2 aromatic heterocycles. The summed E-state index contributed by atoms with van der Waals surface area (Å²) in [5.41, 5.74) is 6.22. The Hall–Kier alpha value is -6.27. The second-order valence-corrected chi connectivity index (χ2v) is 11.2. The van der Waals surface area contributed by atoms with Gasteiger partial charge in [0.2, 0.25) is 0 Å². The third-order valence-corrected chi connectivity index (χ3v) is 8.53. The monoisotopic (exact) mass is 577 g/mol. The maximum Gasteiger partial charge on any atom is 0.164 e. The van der Waals surface area contributed by atoms with Crippen molar-refractivity contribution >= 4 is 61.0 Å². The molecule has 0 unspecified atom stereocenters. The number of rotatable bonds is 3. The van der Waals surface area contributed by atoms with E-state index in [9.17, 15) is 0 Å². The Bertz CT molecular complexity index is 2580.